The number of aromatic nitrogens is 2. The summed E-state index contributed by atoms with van der Waals surface area (Å²) in [6.45, 7) is 0. The van der Waals surface area contributed by atoms with Gasteiger partial charge in [-0.05, 0) is 24.3 Å². The van der Waals surface area contributed by atoms with E-state index in [1.54, 1.807) is 24.3 Å². The average Bonchev–Trinajstić information content (AvgIpc) is 3.04. The number of hydrogen-bond acceptors (Lipinski definition) is 4. The minimum absolute atomic E-state index is 0.0350. The molecule has 2 aromatic carbocycles. The van der Waals surface area contributed by atoms with Gasteiger partial charge in [-0.3, -0.25) is 4.21 Å². The normalized spacial score (nSPS) is 13.0. The summed E-state index contributed by atoms with van der Waals surface area (Å²) >= 11 is 0. The van der Waals surface area contributed by atoms with Crippen LogP contribution >= 0.6 is 0 Å². The van der Waals surface area contributed by atoms with Gasteiger partial charge in [-0.2, -0.15) is 18.2 Å². The van der Waals surface area contributed by atoms with E-state index in [9.17, 15) is 17.4 Å². The monoisotopic (exact) mass is 352 g/mol. The second-order valence-electron chi connectivity index (χ2n) is 4.95. The summed E-state index contributed by atoms with van der Waals surface area (Å²) in [5, 5.41) is 3.73. The molecule has 0 aliphatic carbocycles. The van der Waals surface area contributed by atoms with Crippen LogP contribution in [0.5, 0.6) is 0 Å². The van der Waals surface area contributed by atoms with E-state index in [4.69, 9.17) is 4.52 Å². The molecule has 0 fully saturated rings. The lowest BCUT2D eigenvalue weighted by atomic mass is 10.1. The zero-order chi connectivity index (χ0) is 17.3. The van der Waals surface area contributed by atoms with Gasteiger partial charge in [-0.15, -0.1) is 0 Å². The highest BCUT2D eigenvalue weighted by Gasteiger charge is 2.30. The Labute approximate surface area is 137 Å². The molecule has 0 saturated heterocycles. The topological polar surface area (TPSA) is 56.0 Å². The first-order chi connectivity index (χ1) is 11.4. The molecule has 24 heavy (non-hydrogen) atoms. The molecule has 3 aromatic rings. The van der Waals surface area contributed by atoms with Crippen molar-refractivity contribution in [3.05, 3.63) is 54.1 Å². The van der Waals surface area contributed by atoms with Gasteiger partial charge in [0.25, 0.3) is 5.89 Å². The Morgan fingerprint density at radius 1 is 1.08 bits per heavy atom. The van der Waals surface area contributed by atoms with Crippen LogP contribution in [0.1, 0.15) is 5.56 Å². The van der Waals surface area contributed by atoms with Gasteiger partial charge in [0.2, 0.25) is 5.82 Å². The maximum atomic E-state index is 12.8. The Balaban J connectivity index is 2.02. The summed E-state index contributed by atoms with van der Waals surface area (Å²) < 4.78 is 55.3. The SMILES string of the molecule is CS(=O)c1ccccc1-c1nc(-c2cccc(C(F)(F)F)c2)no1. The molecule has 0 aliphatic heterocycles. The molecule has 124 valence electrons. The quantitative estimate of drug-likeness (QED) is 0.710. The summed E-state index contributed by atoms with van der Waals surface area (Å²) in [6, 6.07) is 11.5. The molecule has 1 atom stereocenters. The van der Waals surface area contributed by atoms with Crippen molar-refractivity contribution in [2.24, 2.45) is 0 Å². The maximum Gasteiger partial charge on any atom is 0.416 e. The standard InChI is InChI=1S/C16H11F3N2O2S/c1-24(22)13-8-3-2-7-12(13)15-20-14(21-23-15)10-5-4-6-11(9-10)16(17,18)19/h2-9H,1H3. The van der Waals surface area contributed by atoms with E-state index in [0.717, 1.165) is 12.1 Å². The van der Waals surface area contributed by atoms with Crippen molar-refractivity contribution in [2.75, 3.05) is 6.26 Å². The number of halogens is 3. The van der Waals surface area contributed by atoms with Crippen LogP contribution in [0.3, 0.4) is 0 Å². The van der Waals surface area contributed by atoms with Gasteiger partial charge < -0.3 is 4.52 Å². The summed E-state index contributed by atoms with van der Waals surface area (Å²) in [5.74, 6) is 0.140. The highest BCUT2D eigenvalue weighted by atomic mass is 32.2. The van der Waals surface area contributed by atoms with Gasteiger partial charge in [-0.1, -0.05) is 29.4 Å². The molecule has 0 N–H and O–H groups in total. The molecular formula is C16H11F3N2O2S. The Kier molecular flexibility index (Phi) is 4.23. The first-order valence-corrected chi connectivity index (χ1v) is 8.36. The van der Waals surface area contributed by atoms with Crippen molar-refractivity contribution in [3.8, 4) is 22.8 Å². The molecule has 1 aromatic heterocycles. The zero-order valence-corrected chi connectivity index (χ0v) is 13.2. The van der Waals surface area contributed by atoms with Gasteiger partial charge in [0.15, 0.2) is 0 Å². The predicted octanol–water partition coefficient (Wildman–Crippen LogP) is 4.16. The second kappa shape index (κ2) is 6.20. The summed E-state index contributed by atoms with van der Waals surface area (Å²) in [7, 11) is -1.27. The molecule has 1 unspecified atom stereocenters. The molecule has 0 radical (unpaired) electrons. The van der Waals surface area contributed by atoms with Crippen LogP contribution in [-0.4, -0.2) is 20.6 Å². The highest BCUT2D eigenvalue weighted by Crippen LogP contribution is 2.32. The fourth-order valence-electron chi connectivity index (χ4n) is 2.18. The van der Waals surface area contributed by atoms with Crippen molar-refractivity contribution >= 4 is 10.8 Å². The van der Waals surface area contributed by atoms with Crippen LogP contribution in [0.2, 0.25) is 0 Å². The number of hydrogen-bond donors (Lipinski definition) is 0. The van der Waals surface area contributed by atoms with Crippen molar-refractivity contribution in [2.45, 2.75) is 11.1 Å². The fraction of sp³-hybridized carbons (Fsp3) is 0.125. The smallest absolute Gasteiger partial charge is 0.334 e. The van der Waals surface area contributed by atoms with Crippen LogP contribution in [-0.2, 0) is 17.0 Å². The summed E-state index contributed by atoms with van der Waals surface area (Å²) in [6.07, 6.45) is -2.93. The lowest BCUT2D eigenvalue weighted by molar-refractivity contribution is -0.137. The lowest BCUT2D eigenvalue weighted by Gasteiger charge is -2.06. The van der Waals surface area contributed by atoms with Crippen molar-refractivity contribution < 1.29 is 21.9 Å². The van der Waals surface area contributed by atoms with Gasteiger partial charge >= 0.3 is 6.18 Å². The largest absolute Gasteiger partial charge is 0.416 e. The number of nitrogens with zero attached hydrogens (tertiary/aromatic N) is 2. The molecular weight excluding hydrogens is 341 g/mol. The molecule has 1 heterocycles. The average molecular weight is 352 g/mol. The van der Waals surface area contributed by atoms with Crippen LogP contribution in [0.25, 0.3) is 22.8 Å². The molecule has 0 saturated carbocycles. The number of benzene rings is 2. The van der Waals surface area contributed by atoms with E-state index < -0.39 is 22.5 Å². The molecule has 8 heteroatoms. The third-order valence-corrected chi connectivity index (χ3v) is 4.28. The Bertz CT molecular complexity index is 906. The molecule has 0 spiro atoms. The van der Waals surface area contributed by atoms with Gasteiger partial charge in [0.1, 0.15) is 0 Å². The Morgan fingerprint density at radius 2 is 1.83 bits per heavy atom. The van der Waals surface area contributed by atoms with E-state index in [2.05, 4.69) is 10.1 Å². The first kappa shape index (κ1) is 16.4. The van der Waals surface area contributed by atoms with Crippen LogP contribution < -0.4 is 0 Å². The third kappa shape index (κ3) is 3.23. The second-order valence-corrected chi connectivity index (χ2v) is 6.30. The van der Waals surface area contributed by atoms with E-state index in [1.165, 1.54) is 18.4 Å². The number of rotatable bonds is 3. The Morgan fingerprint density at radius 3 is 2.54 bits per heavy atom. The van der Waals surface area contributed by atoms with Crippen molar-refractivity contribution in [1.29, 1.82) is 0 Å². The van der Waals surface area contributed by atoms with E-state index in [-0.39, 0.29) is 17.3 Å². The molecule has 4 nitrogen and oxygen atoms in total. The molecule has 0 aliphatic rings. The van der Waals surface area contributed by atoms with Gasteiger partial charge in [0.05, 0.1) is 26.8 Å². The molecule has 3 rings (SSSR count). The lowest BCUT2D eigenvalue weighted by Crippen LogP contribution is -2.04. The fourth-order valence-corrected chi connectivity index (χ4v) is 2.91. The van der Waals surface area contributed by atoms with Gasteiger partial charge in [-0.25, -0.2) is 0 Å². The minimum Gasteiger partial charge on any atom is -0.334 e. The van der Waals surface area contributed by atoms with Gasteiger partial charge in [0, 0.05) is 11.8 Å². The van der Waals surface area contributed by atoms with Crippen molar-refractivity contribution in [3.63, 3.8) is 0 Å². The van der Waals surface area contributed by atoms with E-state index >= 15 is 0 Å². The molecule has 0 amide bonds. The zero-order valence-electron chi connectivity index (χ0n) is 12.4. The predicted molar refractivity (Wildman–Crippen MR) is 82.5 cm³/mol. The van der Waals surface area contributed by atoms with E-state index in [0.29, 0.717) is 10.5 Å². The minimum atomic E-state index is -4.45. The van der Waals surface area contributed by atoms with Crippen LogP contribution in [0, 0.1) is 0 Å². The third-order valence-electron chi connectivity index (χ3n) is 3.30. The highest BCUT2D eigenvalue weighted by molar-refractivity contribution is 7.84. The number of alkyl halides is 3. The summed E-state index contributed by atoms with van der Waals surface area (Å²) in [4.78, 5) is 4.65. The van der Waals surface area contributed by atoms with Crippen LogP contribution in [0.4, 0.5) is 13.2 Å². The van der Waals surface area contributed by atoms with Crippen molar-refractivity contribution in [1.82, 2.24) is 10.1 Å². The Hall–Kier alpha value is -2.48. The van der Waals surface area contributed by atoms with E-state index in [1.807, 2.05) is 0 Å². The summed E-state index contributed by atoms with van der Waals surface area (Å²) in [5.41, 5.74) is -0.111. The maximum absolute atomic E-state index is 12.8. The molecule has 0 bridgehead atoms. The van der Waals surface area contributed by atoms with Crippen LogP contribution in [0.15, 0.2) is 57.9 Å². The first-order valence-electron chi connectivity index (χ1n) is 6.80.